The Labute approximate surface area is 165 Å². The van der Waals surface area contributed by atoms with E-state index >= 15 is 0 Å². The molecule has 28 heavy (non-hydrogen) atoms. The van der Waals surface area contributed by atoms with Gasteiger partial charge in [-0.2, -0.15) is 0 Å². The number of aromatic nitrogens is 1. The highest BCUT2D eigenvalue weighted by Gasteiger charge is 2.40. The summed E-state index contributed by atoms with van der Waals surface area (Å²) in [6.45, 7) is 3.56. The van der Waals surface area contributed by atoms with Gasteiger partial charge in [-0.15, -0.1) is 0 Å². The van der Waals surface area contributed by atoms with Crippen molar-refractivity contribution < 1.29 is 19.7 Å². The van der Waals surface area contributed by atoms with Gasteiger partial charge in [0.1, 0.15) is 18.0 Å². The van der Waals surface area contributed by atoms with Gasteiger partial charge in [-0.1, -0.05) is 18.2 Å². The largest absolute Gasteiger partial charge is 0.487 e. The maximum atomic E-state index is 11.1. The minimum absolute atomic E-state index is 0.0691. The number of hydrogen-bond donors (Lipinski definition) is 3. The lowest BCUT2D eigenvalue weighted by Gasteiger charge is -2.42. The third-order valence-electron chi connectivity index (χ3n) is 5.00. The second-order valence-electron chi connectivity index (χ2n) is 7.27. The van der Waals surface area contributed by atoms with E-state index in [1.165, 1.54) is 6.92 Å². The number of benzene rings is 1. The number of nitrogens with one attached hydrogen (secondary N) is 1. The minimum Gasteiger partial charge on any atom is -0.487 e. The molecule has 2 heterocycles. The predicted octanol–water partition coefficient (Wildman–Crippen LogP) is 1.09. The standard InChI is InChI=1S/C21H27N3O4/c1-16(25)23-15-21(27)9-11-24(13-20(21)26)12-17-5-7-19(8-6-17)28-14-18-4-2-3-10-22-18/h2-8,10,20,26-27H,9,11-15H2,1H3,(H,23,25)/t20-,21-/m1/s1. The first kappa shape index (κ1) is 20.3. The molecular weight excluding hydrogens is 358 g/mol. The first-order valence-electron chi connectivity index (χ1n) is 9.43. The summed E-state index contributed by atoms with van der Waals surface area (Å²) in [6.07, 6.45) is 1.24. The number of β-amino-alcohol motifs (C(OH)–C–C–N with tert-alkyl or cyclic N) is 1. The SMILES string of the molecule is CC(=O)NC[C@]1(O)CCN(Cc2ccc(OCc3ccccn3)cc2)C[C@H]1O. The molecular formula is C21H27N3O4. The molecule has 1 aliphatic rings. The number of aliphatic hydroxyl groups is 2. The van der Waals surface area contributed by atoms with Crippen molar-refractivity contribution in [2.24, 2.45) is 0 Å². The van der Waals surface area contributed by atoms with E-state index in [4.69, 9.17) is 4.74 Å². The smallest absolute Gasteiger partial charge is 0.216 e. The summed E-state index contributed by atoms with van der Waals surface area (Å²) < 4.78 is 5.74. The van der Waals surface area contributed by atoms with Gasteiger partial charge in [0, 0.05) is 39.3 Å². The summed E-state index contributed by atoms with van der Waals surface area (Å²) in [5.41, 5.74) is 0.705. The fourth-order valence-electron chi connectivity index (χ4n) is 3.24. The maximum absolute atomic E-state index is 11.1. The van der Waals surface area contributed by atoms with E-state index in [9.17, 15) is 15.0 Å². The Bertz CT molecular complexity index is 769. The molecule has 0 spiro atoms. The zero-order valence-electron chi connectivity index (χ0n) is 16.0. The van der Waals surface area contributed by atoms with Crippen LogP contribution in [0.3, 0.4) is 0 Å². The highest BCUT2D eigenvalue weighted by molar-refractivity contribution is 5.72. The third kappa shape index (κ3) is 5.51. The first-order valence-corrected chi connectivity index (χ1v) is 9.43. The van der Waals surface area contributed by atoms with Crippen molar-refractivity contribution in [3.05, 3.63) is 59.9 Å². The van der Waals surface area contributed by atoms with E-state index in [1.807, 2.05) is 42.5 Å². The van der Waals surface area contributed by atoms with Crippen molar-refractivity contribution >= 4 is 5.91 Å². The fraction of sp³-hybridized carbons (Fsp3) is 0.429. The molecule has 7 heteroatoms. The Morgan fingerprint density at radius 2 is 2.11 bits per heavy atom. The average molecular weight is 385 g/mol. The number of aliphatic hydroxyl groups excluding tert-OH is 1. The number of ether oxygens (including phenoxy) is 1. The summed E-state index contributed by atoms with van der Waals surface area (Å²) in [5.74, 6) is 0.561. The van der Waals surface area contributed by atoms with Gasteiger partial charge in [0.25, 0.3) is 0 Å². The van der Waals surface area contributed by atoms with Crippen LogP contribution in [0, 0.1) is 0 Å². The van der Waals surface area contributed by atoms with Gasteiger partial charge in [0.05, 0.1) is 11.8 Å². The van der Waals surface area contributed by atoms with Crippen molar-refractivity contribution in [2.75, 3.05) is 19.6 Å². The number of piperidine rings is 1. The highest BCUT2D eigenvalue weighted by Crippen LogP contribution is 2.24. The zero-order chi connectivity index (χ0) is 20.0. The molecule has 0 saturated carbocycles. The normalized spacial score (nSPS) is 22.6. The number of pyridine rings is 1. The lowest BCUT2D eigenvalue weighted by Crippen LogP contribution is -2.59. The topological polar surface area (TPSA) is 94.9 Å². The van der Waals surface area contributed by atoms with Crippen molar-refractivity contribution in [1.29, 1.82) is 0 Å². The van der Waals surface area contributed by atoms with Crippen LogP contribution in [0.4, 0.5) is 0 Å². The molecule has 7 nitrogen and oxygen atoms in total. The van der Waals surface area contributed by atoms with Gasteiger partial charge in [-0.05, 0) is 36.2 Å². The molecule has 1 amide bonds. The maximum Gasteiger partial charge on any atom is 0.216 e. The van der Waals surface area contributed by atoms with Gasteiger partial charge < -0.3 is 20.3 Å². The zero-order valence-corrected chi connectivity index (χ0v) is 16.0. The van der Waals surface area contributed by atoms with Crippen LogP contribution in [-0.4, -0.2) is 57.3 Å². The molecule has 1 aromatic carbocycles. The van der Waals surface area contributed by atoms with Crippen molar-refractivity contribution in [2.45, 2.75) is 38.2 Å². The van der Waals surface area contributed by atoms with Crippen molar-refractivity contribution in [1.82, 2.24) is 15.2 Å². The number of likely N-dealkylation sites (tertiary alicyclic amines) is 1. The quantitative estimate of drug-likeness (QED) is 0.661. The van der Waals surface area contributed by atoms with E-state index in [2.05, 4.69) is 15.2 Å². The lowest BCUT2D eigenvalue weighted by atomic mass is 9.88. The van der Waals surface area contributed by atoms with E-state index in [1.54, 1.807) is 6.20 Å². The van der Waals surface area contributed by atoms with Gasteiger partial charge in [0.2, 0.25) is 5.91 Å². The predicted molar refractivity (Wildman–Crippen MR) is 105 cm³/mol. The number of hydrogen-bond acceptors (Lipinski definition) is 6. The number of rotatable bonds is 7. The molecule has 0 radical (unpaired) electrons. The van der Waals surface area contributed by atoms with Crippen LogP contribution in [0.15, 0.2) is 48.7 Å². The van der Waals surface area contributed by atoms with Crippen LogP contribution < -0.4 is 10.1 Å². The Kier molecular flexibility index (Phi) is 6.61. The summed E-state index contributed by atoms with van der Waals surface area (Å²) in [4.78, 5) is 17.4. The van der Waals surface area contributed by atoms with Crippen LogP contribution in [0.25, 0.3) is 0 Å². The monoisotopic (exact) mass is 385 g/mol. The molecule has 1 saturated heterocycles. The number of carbonyl (C=O) groups excluding carboxylic acids is 1. The molecule has 2 atom stereocenters. The molecule has 2 aromatic rings. The number of carbonyl (C=O) groups is 1. The van der Waals surface area contributed by atoms with Crippen molar-refractivity contribution in [3.8, 4) is 5.75 Å². The van der Waals surface area contributed by atoms with Crippen molar-refractivity contribution in [3.63, 3.8) is 0 Å². The first-order chi connectivity index (χ1) is 13.4. The molecule has 1 aromatic heterocycles. The van der Waals surface area contributed by atoms with E-state index in [0.717, 1.165) is 17.0 Å². The van der Waals surface area contributed by atoms with Gasteiger partial charge >= 0.3 is 0 Å². The molecule has 3 rings (SSSR count). The van der Waals surface area contributed by atoms with E-state index in [0.29, 0.717) is 32.7 Å². The molecule has 1 fully saturated rings. The number of nitrogens with zero attached hydrogens (tertiary/aromatic N) is 2. The summed E-state index contributed by atoms with van der Waals surface area (Å²) in [6, 6.07) is 13.6. The second kappa shape index (κ2) is 9.14. The Balaban J connectivity index is 1.49. The van der Waals surface area contributed by atoms with Crippen LogP contribution in [-0.2, 0) is 17.9 Å². The average Bonchev–Trinajstić information content (AvgIpc) is 2.70. The lowest BCUT2D eigenvalue weighted by molar-refractivity contribution is -0.130. The second-order valence-corrected chi connectivity index (χ2v) is 7.27. The summed E-state index contributed by atoms with van der Waals surface area (Å²) in [5, 5.41) is 23.5. The molecule has 1 aliphatic heterocycles. The minimum atomic E-state index is -1.27. The molecule has 3 N–H and O–H groups in total. The Hall–Kier alpha value is -2.48. The van der Waals surface area contributed by atoms with E-state index < -0.39 is 11.7 Å². The van der Waals surface area contributed by atoms with Crippen LogP contribution >= 0.6 is 0 Å². The summed E-state index contributed by atoms with van der Waals surface area (Å²) in [7, 11) is 0. The summed E-state index contributed by atoms with van der Waals surface area (Å²) >= 11 is 0. The molecule has 150 valence electrons. The highest BCUT2D eigenvalue weighted by atomic mass is 16.5. The molecule has 0 bridgehead atoms. The Morgan fingerprint density at radius 1 is 1.32 bits per heavy atom. The van der Waals surface area contributed by atoms with Crippen LogP contribution in [0.1, 0.15) is 24.6 Å². The third-order valence-corrected chi connectivity index (χ3v) is 5.00. The Morgan fingerprint density at radius 3 is 2.75 bits per heavy atom. The van der Waals surface area contributed by atoms with Gasteiger partial charge in [0.15, 0.2) is 0 Å². The molecule has 0 aliphatic carbocycles. The van der Waals surface area contributed by atoms with Gasteiger partial charge in [-0.3, -0.25) is 14.7 Å². The van der Waals surface area contributed by atoms with Gasteiger partial charge in [-0.25, -0.2) is 0 Å². The van der Waals surface area contributed by atoms with Crippen LogP contribution in [0.2, 0.25) is 0 Å². The fourth-order valence-corrected chi connectivity index (χ4v) is 3.24. The van der Waals surface area contributed by atoms with E-state index in [-0.39, 0.29) is 12.5 Å². The molecule has 0 unspecified atom stereocenters. The number of amides is 1. The van der Waals surface area contributed by atoms with Crippen LogP contribution in [0.5, 0.6) is 5.75 Å².